The fourth-order valence-corrected chi connectivity index (χ4v) is 3.51. The Morgan fingerprint density at radius 3 is 2.71 bits per heavy atom. The molecule has 1 aliphatic carbocycles. The van der Waals surface area contributed by atoms with E-state index in [1.807, 2.05) is 0 Å². The molecule has 0 atom stereocenters. The average molecular weight is 252 g/mol. The Morgan fingerprint density at radius 1 is 1.53 bits per heavy atom. The van der Waals surface area contributed by atoms with E-state index in [1.54, 1.807) is 11.3 Å². The molecule has 0 radical (unpaired) electrons. The van der Waals surface area contributed by atoms with Gasteiger partial charge in [-0.25, -0.2) is 0 Å². The zero-order valence-corrected chi connectivity index (χ0v) is 12.0. The van der Waals surface area contributed by atoms with Crippen LogP contribution < -0.4 is 5.73 Å². The number of hydrogen-bond donors (Lipinski definition) is 1. The van der Waals surface area contributed by atoms with E-state index in [9.17, 15) is 0 Å². The molecule has 0 bridgehead atoms. The third-order valence-corrected chi connectivity index (χ3v) is 5.15. The van der Waals surface area contributed by atoms with Crippen LogP contribution in [0.15, 0.2) is 16.8 Å². The minimum atomic E-state index is 0.261. The van der Waals surface area contributed by atoms with Crippen LogP contribution in [0.2, 0.25) is 0 Å². The van der Waals surface area contributed by atoms with E-state index < -0.39 is 0 Å². The summed E-state index contributed by atoms with van der Waals surface area (Å²) in [6.07, 6.45) is 2.53. The molecule has 1 aromatic heterocycles. The van der Waals surface area contributed by atoms with Crippen LogP contribution in [0.5, 0.6) is 0 Å². The molecule has 96 valence electrons. The predicted octanol–water partition coefficient (Wildman–Crippen LogP) is 2.94. The maximum absolute atomic E-state index is 6.02. The van der Waals surface area contributed by atoms with Gasteiger partial charge in [0.1, 0.15) is 0 Å². The van der Waals surface area contributed by atoms with Gasteiger partial charge in [0.2, 0.25) is 0 Å². The van der Waals surface area contributed by atoms with Crippen molar-refractivity contribution in [2.45, 2.75) is 38.8 Å². The summed E-state index contributed by atoms with van der Waals surface area (Å²) < 4.78 is 0. The Labute approximate surface area is 109 Å². The van der Waals surface area contributed by atoms with Crippen LogP contribution >= 0.6 is 11.3 Å². The van der Waals surface area contributed by atoms with Gasteiger partial charge in [-0.15, -0.1) is 0 Å². The lowest BCUT2D eigenvalue weighted by molar-refractivity contribution is -0.0243. The van der Waals surface area contributed by atoms with Gasteiger partial charge in [-0.1, -0.05) is 13.8 Å². The van der Waals surface area contributed by atoms with Crippen molar-refractivity contribution in [1.29, 1.82) is 0 Å². The third kappa shape index (κ3) is 2.56. The van der Waals surface area contributed by atoms with E-state index in [4.69, 9.17) is 5.73 Å². The summed E-state index contributed by atoms with van der Waals surface area (Å²) in [5, 5.41) is 4.38. The van der Waals surface area contributed by atoms with Crippen LogP contribution in [0.25, 0.3) is 0 Å². The Bertz CT molecular complexity index is 339. The van der Waals surface area contributed by atoms with Gasteiger partial charge < -0.3 is 5.73 Å². The first-order chi connectivity index (χ1) is 8.07. The second-order valence-corrected chi connectivity index (χ2v) is 6.61. The first-order valence-corrected chi connectivity index (χ1v) is 7.44. The Hall–Kier alpha value is -0.380. The highest BCUT2D eigenvalue weighted by molar-refractivity contribution is 7.07. The lowest BCUT2D eigenvalue weighted by Gasteiger charge is -2.54. The Morgan fingerprint density at radius 2 is 2.24 bits per heavy atom. The lowest BCUT2D eigenvalue weighted by Crippen LogP contribution is -2.60. The summed E-state index contributed by atoms with van der Waals surface area (Å²) in [5.41, 5.74) is 7.70. The van der Waals surface area contributed by atoms with E-state index in [1.165, 1.54) is 18.4 Å². The largest absolute Gasteiger partial charge is 0.329 e. The molecule has 1 heterocycles. The molecule has 1 aliphatic rings. The number of nitrogens with zero attached hydrogens (tertiary/aromatic N) is 1. The molecule has 2 N–H and O–H groups in total. The quantitative estimate of drug-likeness (QED) is 0.873. The Balaban J connectivity index is 1.95. The van der Waals surface area contributed by atoms with Gasteiger partial charge in [0, 0.05) is 18.6 Å². The highest BCUT2D eigenvalue weighted by Crippen LogP contribution is 2.45. The van der Waals surface area contributed by atoms with E-state index in [0.717, 1.165) is 24.9 Å². The van der Waals surface area contributed by atoms with Gasteiger partial charge in [0.25, 0.3) is 0 Å². The smallest absolute Gasteiger partial charge is 0.0337 e. The molecule has 3 heteroatoms. The monoisotopic (exact) mass is 252 g/mol. The molecule has 2 rings (SSSR count). The summed E-state index contributed by atoms with van der Waals surface area (Å²) in [4.78, 5) is 2.47. The fraction of sp³-hybridized carbons (Fsp3) is 0.714. The number of likely N-dealkylation sites (N-methyl/N-ethyl adjacent to an activating group) is 1. The van der Waals surface area contributed by atoms with Gasteiger partial charge >= 0.3 is 0 Å². The van der Waals surface area contributed by atoms with Crippen molar-refractivity contribution in [3.05, 3.63) is 22.4 Å². The average Bonchev–Trinajstić information content (AvgIpc) is 2.69. The normalized spacial score (nSPS) is 28.7. The molecular weight excluding hydrogens is 228 g/mol. The zero-order chi connectivity index (χ0) is 12.5. The molecule has 1 saturated carbocycles. The van der Waals surface area contributed by atoms with Gasteiger partial charge in [-0.3, -0.25) is 4.90 Å². The van der Waals surface area contributed by atoms with Crippen LogP contribution in [-0.4, -0.2) is 24.0 Å². The lowest BCUT2D eigenvalue weighted by atomic mass is 9.63. The van der Waals surface area contributed by atoms with Crippen LogP contribution in [0.4, 0.5) is 0 Å². The topological polar surface area (TPSA) is 29.3 Å². The van der Waals surface area contributed by atoms with Crippen molar-refractivity contribution < 1.29 is 0 Å². The summed E-state index contributed by atoms with van der Waals surface area (Å²) in [6, 6.07) is 2.21. The maximum Gasteiger partial charge on any atom is 0.0337 e. The van der Waals surface area contributed by atoms with Crippen molar-refractivity contribution in [3.8, 4) is 0 Å². The second-order valence-electron chi connectivity index (χ2n) is 5.83. The highest BCUT2D eigenvalue weighted by Gasteiger charge is 2.46. The molecule has 2 nitrogen and oxygen atoms in total. The fourth-order valence-electron chi connectivity index (χ4n) is 2.85. The van der Waals surface area contributed by atoms with E-state index in [2.05, 4.69) is 42.6 Å². The Kier molecular flexibility index (Phi) is 3.91. The van der Waals surface area contributed by atoms with Crippen LogP contribution in [0, 0.1) is 11.8 Å². The summed E-state index contributed by atoms with van der Waals surface area (Å²) in [7, 11) is 2.22. The van der Waals surface area contributed by atoms with Crippen molar-refractivity contribution in [2.24, 2.45) is 17.6 Å². The second kappa shape index (κ2) is 5.09. The van der Waals surface area contributed by atoms with Gasteiger partial charge in [-0.2, -0.15) is 11.3 Å². The van der Waals surface area contributed by atoms with E-state index >= 15 is 0 Å². The molecule has 0 spiro atoms. The zero-order valence-electron chi connectivity index (χ0n) is 11.1. The number of rotatable bonds is 5. The first kappa shape index (κ1) is 13.1. The van der Waals surface area contributed by atoms with Crippen molar-refractivity contribution in [3.63, 3.8) is 0 Å². The minimum Gasteiger partial charge on any atom is -0.329 e. The van der Waals surface area contributed by atoms with Gasteiger partial charge in [0.05, 0.1) is 0 Å². The standard InChI is InChI=1S/C14H24N2S/c1-11(2)13-6-14(7-13,10-15)16(3)8-12-4-5-17-9-12/h4-5,9,11,13H,6-8,10,15H2,1-3H3. The predicted molar refractivity (Wildman–Crippen MR) is 75.1 cm³/mol. The molecule has 17 heavy (non-hydrogen) atoms. The number of thiophene rings is 1. The molecule has 0 aliphatic heterocycles. The molecule has 0 aromatic carbocycles. The first-order valence-electron chi connectivity index (χ1n) is 6.50. The minimum absolute atomic E-state index is 0.261. The van der Waals surface area contributed by atoms with Crippen LogP contribution in [-0.2, 0) is 6.54 Å². The summed E-state index contributed by atoms with van der Waals surface area (Å²) >= 11 is 1.77. The molecule has 1 aromatic rings. The van der Waals surface area contributed by atoms with Gasteiger partial charge in [0.15, 0.2) is 0 Å². The van der Waals surface area contributed by atoms with Crippen molar-refractivity contribution in [2.75, 3.05) is 13.6 Å². The van der Waals surface area contributed by atoms with Crippen molar-refractivity contribution >= 4 is 11.3 Å². The molecule has 0 saturated heterocycles. The highest BCUT2D eigenvalue weighted by atomic mass is 32.1. The van der Waals surface area contributed by atoms with Crippen LogP contribution in [0.3, 0.4) is 0 Å². The van der Waals surface area contributed by atoms with Crippen LogP contribution in [0.1, 0.15) is 32.3 Å². The molecular formula is C14H24N2S. The molecule has 1 fully saturated rings. The molecule has 0 unspecified atom stereocenters. The summed E-state index contributed by atoms with van der Waals surface area (Å²) in [6.45, 7) is 6.47. The number of nitrogens with two attached hydrogens (primary N) is 1. The van der Waals surface area contributed by atoms with E-state index in [0.29, 0.717) is 0 Å². The third-order valence-electron chi connectivity index (χ3n) is 4.42. The van der Waals surface area contributed by atoms with Gasteiger partial charge in [-0.05, 0) is 54.1 Å². The number of hydrogen-bond acceptors (Lipinski definition) is 3. The van der Waals surface area contributed by atoms with Crippen molar-refractivity contribution in [1.82, 2.24) is 4.90 Å². The SMILES string of the molecule is CC(C)C1CC(CN)(N(C)Cc2ccsc2)C1. The van der Waals surface area contributed by atoms with E-state index in [-0.39, 0.29) is 5.54 Å². The molecule has 0 amide bonds. The summed E-state index contributed by atoms with van der Waals surface area (Å²) in [5.74, 6) is 1.66. The maximum atomic E-state index is 6.02.